The van der Waals surface area contributed by atoms with E-state index >= 15 is 0 Å². The highest BCUT2D eigenvalue weighted by atomic mass is 19.4. The Morgan fingerprint density at radius 3 is 2.57 bits per heavy atom. The van der Waals surface area contributed by atoms with Crippen molar-refractivity contribution in [2.75, 3.05) is 13.1 Å². The number of carbonyl (C=O) groups excluding carboxylic acids is 1. The van der Waals surface area contributed by atoms with E-state index in [-0.39, 0.29) is 17.2 Å². The highest BCUT2D eigenvalue weighted by molar-refractivity contribution is 5.95. The molecule has 1 aliphatic heterocycles. The van der Waals surface area contributed by atoms with Gasteiger partial charge in [0, 0.05) is 18.5 Å². The lowest BCUT2D eigenvalue weighted by atomic mass is 9.85. The fourth-order valence-electron chi connectivity index (χ4n) is 3.36. The van der Waals surface area contributed by atoms with Crippen molar-refractivity contribution in [1.29, 1.82) is 0 Å². The molecule has 0 aliphatic carbocycles. The van der Waals surface area contributed by atoms with Gasteiger partial charge in [-0.2, -0.15) is 13.2 Å². The zero-order chi connectivity index (χ0) is 20.5. The summed E-state index contributed by atoms with van der Waals surface area (Å²) < 4.78 is 65.0. The first kappa shape index (κ1) is 20.2. The minimum Gasteiger partial charge on any atom is -0.347 e. The van der Waals surface area contributed by atoms with Gasteiger partial charge in [0.25, 0.3) is 5.91 Å². The minimum atomic E-state index is -4.59. The second kappa shape index (κ2) is 7.83. The number of amides is 1. The smallest absolute Gasteiger partial charge is 0.347 e. The van der Waals surface area contributed by atoms with Gasteiger partial charge in [0.15, 0.2) is 11.6 Å². The van der Waals surface area contributed by atoms with Crippen LogP contribution in [0.2, 0.25) is 0 Å². The van der Waals surface area contributed by atoms with E-state index in [0.29, 0.717) is 25.1 Å². The van der Waals surface area contributed by atoms with Crippen LogP contribution in [0.4, 0.5) is 22.0 Å². The average molecular weight is 399 g/mol. The summed E-state index contributed by atoms with van der Waals surface area (Å²) in [6.45, 7) is 2.36. The average Bonchev–Trinajstić information content (AvgIpc) is 2.63. The van der Waals surface area contributed by atoms with E-state index < -0.39 is 35.5 Å². The van der Waals surface area contributed by atoms with Gasteiger partial charge in [0.1, 0.15) is 5.69 Å². The first-order valence-corrected chi connectivity index (χ1v) is 8.68. The highest BCUT2D eigenvalue weighted by Crippen LogP contribution is 2.29. The third-order valence-electron chi connectivity index (χ3n) is 4.79. The molecular formula is C19H18F5N3O. The summed E-state index contributed by atoms with van der Waals surface area (Å²) >= 11 is 0. The summed E-state index contributed by atoms with van der Waals surface area (Å²) in [6, 6.07) is 5.02. The van der Waals surface area contributed by atoms with Gasteiger partial charge in [-0.05, 0) is 49.7 Å². The van der Waals surface area contributed by atoms with Gasteiger partial charge >= 0.3 is 6.18 Å². The number of nitrogens with zero attached hydrogens (tertiary/aromatic N) is 1. The van der Waals surface area contributed by atoms with Crippen LogP contribution in [0.5, 0.6) is 0 Å². The molecule has 1 amide bonds. The van der Waals surface area contributed by atoms with Crippen LogP contribution in [0.1, 0.15) is 39.6 Å². The van der Waals surface area contributed by atoms with Crippen molar-refractivity contribution in [2.45, 2.75) is 31.5 Å². The number of benzene rings is 1. The molecule has 1 aromatic carbocycles. The standard InChI is InChI=1S/C19H18F5N3O/c1-10-12(3-5-17(26-10)19(22,23)24)18(28)27-16-9-25-7-6-13(16)11-2-4-14(20)15(21)8-11/h2-5,8,13,16,25H,6-7,9H2,1H3,(H,27,28). The number of halogens is 5. The molecule has 0 spiro atoms. The number of hydrogen-bond donors (Lipinski definition) is 2. The predicted molar refractivity (Wildman–Crippen MR) is 91.8 cm³/mol. The van der Waals surface area contributed by atoms with Crippen molar-refractivity contribution in [2.24, 2.45) is 0 Å². The molecule has 2 unspecified atom stereocenters. The van der Waals surface area contributed by atoms with E-state index in [9.17, 15) is 26.7 Å². The Bertz CT molecular complexity index is 884. The van der Waals surface area contributed by atoms with Crippen LogP contribution < -0.4 is 10.6 Å². The van der Waals surface area contributed by atoms with Gasteiger partial charge in [-0.25, -0.2) is 13.8 Å². The number of rotatable bonds is 3. The van der Waals surface area contributed by atoms with Crippen LogP contribution in [-0.4, -0.2) is 30.0 Å². The van der Waals surface area contributed by atoms with Gasteiger partial charge in [-0.3, -0.25) is 4.79 Å². The van der Waals surface area contributed by atoms with Crippen molar-refractivity contribution in [3.8, 4) is 0 Å². The molecule has 3 rings (SSSR count). The van der Waals surface area contributed by atoms with Crippen molar-refractivity contribution in [3.63, 3.8) is 0 Å². The van der Waals surface area contributed by atoms with Gasteiger partial charge < -0.3 is 10.6 Å². The molecule has 1 fully saturated rings. The fourth-order valence-corrected chi connectivity index (χ4v) is 3.36. The van der Waals surface area contributed by atoms with Crippen molar-refractivity contribution < 1.29 is 26.7 Å². The Labute approximate surface area is 158 Å². The molecule has 0 bridgehead atoms. The SMILES string of the molecule is Cc1nc(C(F)(F)F)ccc1C(=O)NC1CNCCC1c1ccc(F)c(F)c1. The quantitative estimate of drug-likeness (QED) is 0.776. The molecule has 28 heavy (non-hydrogen) atoms. The van der Waals surface area contributed by atoms with Gasteiger partial charge in [0.2, 0.25) is 0 Å². The first-order chi connectivity index (χ1) is 13.2. The highest BCUT2D eigenvalue weighted by Gasteiger charge is 2.34. The van der Waals surface area contributed by atoms with Crippen molar-refractivity contribution >= 4 is 5.91 Å². The third kappa shape index (κ3) is 4.30. The van der Waals surface area contributed by atoms with Crippen molar-refractivity contribution in [3.05, 3.63) is 64.5 Å². The van der Waals surface area contributed by atoms with E-state index in [1.165, 1.54) is 13.0 Å². The number of carbonyl (C=O) groups is 1. The van der Waals surface area contributed by atoms with E-state index in [4.69, 9.17) is 0 Å². The lowest BCUT2D eigenvalue weighted by Crippen LogP contribution is -2.50. The molecule has 2 heterocycles. The summed E-state index contributed by atoms with van der Waals surface area (Å²) in [5, 5.41) is 5.89. The zero-order valence-electron chi connectivity index (χ0n) is 14.9. The molecule has 0 saturated carbocycles. The summed E-state index contributed by atoms with van der Waals surface area (Å²) in [5.41, 5.74) is -0.531. The monoisotopic (exact) mass is 399 g/mol. The second-order valence-electron chi connectivity index (χ2n) is 6.68. The number of piperidine rings is 1. The largest absolute Gasteiger partial charge is 0.433 e. The maximum Gasteiger partial charge on any atom is 0.433 e. The van der Waals surface area contributed by atoms with Crippen molar-refractivity contribution in [1.82, 2.24) is 15.6 Å². The molecule has 1 aliphatic rings. The second-order valence-corrected chi connectivity index (χ2v) is 6.68. The topological polar surface area (TPSA) is 54.0 Å². The molecule has 2 atom stereocenters. The summed E-state index contributed by atoms with van der Waals surface area (Å²) in [4.78, 5) is 16.1. The van der Waals surface area contributed by atoms with Gasteiger partial charge in [-0.1, -0.05) is 6.07 Å². The molecular weight excluding hydrogens is 381 g/mol. The van der Waals surface area contributed by atoms with Gasteiger partial charge in [-0.15, -0.1) is 0 Å². The zero-order valence-corrected chi connectivity index (χ0v) is 14.9. The van der Waals surface area contributed by atoms with Crippen LogP contribution in [0.25, 0.3) is 0 Å². The predicted octanol–water partition coefficient (Wildman–Crippen LogP) is 3.56. The van der Waals surface area contributed by atoms with E-state index in [1.54, 1.807) is 0 Å². The first-order valence-electron chi connectivity index (χ1n) is 8.68. The summed E-state index contributed by atoms with van der Waals surface area (Å²) in [5.74, 6) is -2.75. The number of hydrogen-bond acceptors (Lipinski definition) is 3. The molecule has 2 aromatic rings. The third-order valence-corrected chi connectivity index (χ3v) is 4.79. The Morgan fingerprint density at radius 2 is 1.93 bits per heavy atom. The number of nitrogens with one attached hydrogen (secondary N) is 2. The molecule has 2 N–H and O–H groups in total. The lowest BCUT2D eigenvalue weighted by molar-refractivity contribution is -0.141. The molecule has 9 heteroatoms. The Kier molecular flexibility index (Phi) is 5.64. The number of aromatic nitrogens is 1. The maximum absolute atomic E-state index is 13.6. The Morgan fingerprint density at radius 1 is 1.18 bits per heavy atom. The Balaban J connectivity index is 1.80. The Hall–Kier alpha value is -2.55. The molecule has 1 aromatic heterocycles. The number of alkyl halides is 3. The number of aryl methyl sites for hydroxylation is 1. The molecule has 1 saturated heterocycles. The van der Waals surface area contributed by atoms with Crippen LogP contribution in [0, 0.1) is 18.6 Å². The molecule has 4 nitrogen and oxygen atoms in total. The summed E-state index contributed by atoms with van der Waals surface area (Å²) in [6.07, 6.45) is -4.01. The summed E-state index contributed by atoms with van der Waals surface area (Å²) in [7, 11) is 0. The maximum atomic E-state index is 13.6. The van der Waals surface area contributed by atoms with E-state index in [0.717, 1.165) is 24.3 Å². The number of pyridine rings is 1. The minimum absolute atomic E-state index is 0.0302. The van der Waals surface area contributed by atoms with Crippen LogP contribution in [0.15, 0.2) is 30.3 Å². The molecule has 0 radical (unpaired) electrons. The van der Waals surface area contributed by atoms with E-state index in [1.807, 2.05) is 0 Å². The van der Waals surface area contributed by atoms with Crippen LogP contribution >= 0.6 is 0 Å². The van der Waals surface area contributed by atoms with Crippen LogP contribution in [-0.2, 0) is 6.18 Å². The van der Waals surface area contributed by atoms with Crippen LogP contribution in [0.3, 0.4) is 0 Å². The lowest BCUT2D eigenvalue weighted by Gasteiger charge is -2.33. The normalized spacial score (nSPS) is 20.1. The van der Waals surface area contributed by atoms with Gasteiger partial charge in [0.05, 0.1) is 11.3 Å². The van der Waals surface area contributed by atoms with E-state index in [2.05, 4.69) is 15.6 Å². The fraction of sp³-hybridized carbons (Fsp3) is 0.368. The molecule has 150 valence electrons.